The van der Waals surface area contributed by atoms with E-state index in [0.717, 1.165) is 12.8 Å². The molecule has 1 fully saturated rings. The molecule has 3 heteroatoms. The van der Waals surface area contributed by atoms with Gasteiger partial charge in [0.2, 0.25) is 0 Å². The van der Waals surface area contributed by atoms with Crippen LogP contribution in [-0.4, -0.2) is 6.04 Å². The summed E-state index contributed by atoms with van der Waals surface area (Å²) in [6.07, 6.45) is 8.17. The third-order valence-corrected chi connectivity index (χ3v) is 2.20. The van der Waals surface area contributed by atoms with Crippen LogP contribution in [0.25, 0.3) is 0 Å². The SMILES string of the molecule is Cl.N#C/C=C/C1CCCC(N)C1. The molecule has 0 aliphatic heterocycles. The van der Waals surface area contributed by atoms with E-state index in [-0.39, 0.29) is 12.4 Å². The van der Waals surface area contributed by atoms with Gasteiger partial charge in [0.1, 0.15) is 0 Å². The van der Waals surface area contributed by atoms with Crippen LogP contribution < -0.4 is 5.73 Å². The van der Waals surface area contributed by atoms with Gasteiger partial charge in [-0.1, -0.05) is 12.5 Å². The number of hydrogen-bond donors (Lipinski definition) is 1. The lowest BCUT2D eigenvalue weighted by atomic mass is 9.86. The van der Waals surface area contributed by atoms with Crippen LogP contribution in [0.15, 0.2) is 12.2 Å². The Balaban J connectivity index is 0.00000121. The second kappa shape index (κ2) is 6.05. The molecule has 68 valence electrons. The zero-order chi connectivity index (χ0) is 8.10. The second-order valence-electron chi connectivity index (χ2n) is 3.17. The van der Waals surface area contributed by atoms with E-state index in [1.165, 1.54) is 12.8 Å². The third-order valence-electron chi connectivity index (χ3n) is 2.20. The van der Waals surface area contributed by atoms with Crippen molar-refractivity contribution in [3.8, 4) is 6.07 Å². The van der Waals surface area contributed by atoms with Crippen LogP contribution in [0.4, 0.5) is 0 Å². The molecule has 1 aliphatic carbocycles. The fraction of sp³-hybridized carbons (Fsp3) is 0.667. The van der Waals surface area contributed by atoms with Crippen molar-refractivity contribution >= 4 is 12.4 Å². The largest absolute Gasteiger partial charge is 0.328 e. The van der Waals surface area contributed by atoms with E-state index in [0.29, 0.717) is 12.0 Å². The summed E-state index contributed by atoms with van der Waals surface area (Å²) in [6.45, 7) is 0. The summed E-state index contributed by atoms with van der Waals surface area (Å²) in [7, 11) is 0. The van der Waals surface area contributed by atoms with Gasteiger partial charge >= 0.3 is 0 Å². The Bertz CT molecular complexity index is 183. The maximum atomic E-state index is 8.29. The predicted octanol–water partition coefficient (Wildman–Crippen LogP) is 2.01. The van der Waals surface area contributed by atoms with Crippen molar-refractivity contribution in [2.45, 2.75) is 31.7 Å². The molecule has 2 N–H and O–H groups in total. The van der Waals surface area contributed by atoms with Crippen molar-refractivity contribution in [3.05, 3.63) is 12.2 Å². The smallest absolute Gasteiger partial charge is 0.0908 e. The molecule has 2 unspecified atom stereocenters. The van der Waals surface area contributed by atoms with Gasteiger partial charge < -0.3 is 5.73 Å². The average molecular weight is 187 g/mol. The molecule has 0 aromatic carbocycles. The van der Waals surface area contributed by atoms with Gasteiger partial charge in [0.05, 0.1) is 6.07 Å². The van der Waals surface area contributed by atoms with Crippen molar-refractivity contribution in [2.24, 2.45) is 11.7 Å². The van der Waals surface area contributed by atoms with Crippen molar-refractivity contribution in [1.29, 1.82) is 5.26 Å². The molecular weight excluding hydrogens is 172 g/mol. The number of nitrogens with two attached hydrogens (primary N) is 1. The van der Waals surface area contributed by atoms with Crippen LogP contribution in [0.2, 0.25) is 0 Å². The van der Waals surface area contributed by atoms with E-state index in [4.69, 9.17) is 11.0 Å². The third kappa shape index (κ3) is 3.75. The number of nitriles is 1. The molecule has 0 radical (unpaired) electrons. The highest BCUT2D eigenvalue weighted by atomic mass is 35.5. The first-order valence-corrected chi connectivity index (χ1v) is 4.15. The molecule has 0 saturated heterocycles. The minimum Gasteiger partial charge on any atom is -0.328 e. The summed E-state index contributed by atoms with van der Waals surface area (Å²) in [6, 6.07) is 2.37. The monoisotopic (exact) mass is 186 g/mol. The highest BCUT2D eigenvalue weighted by Crippen LogP contribution is 2.23. The molecule has 0 spiro atoms. The lowest BCUT2D eigenvalue weighted by Crippen LogP contribution is -2.26. The highest BCUT2D eigenvalue weighted by molar-refractivity contribution is 5.85. The molecule has 1 aliphatic rings. The van der Waals surface area contributed by atoms with Crippen LogP contribution >= 0.6 is 12.4 Å². The summed E-state index contributed by atoms with van der Waals surface area (Å²) in [5, 5.41) is 8.29. The number of hydrogen-bond acceptors (Lipinski definition) is 2. The Morgan fingerprint density at radius 1 is 1.42 bits per heavy atom. The van der Waals surface area contributed by atoms with E-state index in [9.17, 15) is 0 Å². The summed E-state index contributed by atoms with van der Waals surface area (Å²) < 4.78 is 0. The molecule has 0 aromatic rings. The molecule has 1 saturated carbocycles. The topological polar surface area (TPSA) is 49.8 Å². The molecule has 1 rings (SSSR count). The van der Waals surface area contributed by atoms with Crippen LogP contribution in [0, 0.1) is 17.2 Å². The van der Waals surface area contributed by atoms with Crippen molar-refractivity contribution in [1.82, 2.24) is 0 Å². The normalized spacial score (nSPS) is 29.3. The highest BCUT2D eigenvalue weighted by Gasteiger charge is 2.16. The van der Waals surface area contributed by atoms with Gasteiger partial charge in [-0.25, -0.2) is 0 Å². The van der Waals surface area contributed by atoms with Crippen molar-refractivity contribution < 1.29 is 0 Å². The molecule has 0 aromatic heterocycles. The molecule has 0 bridgehead atoms. The first kappa shape index (κ1) is 11.5. The molecular formula is C9H15ClN2. The van der Waals surface area contributed by atoms with Gasteiger partial charge in [0.15, 0.2) is 0 Å². The lowest BCUT2D eigenvalue weighted by Gasteiger charge is -2.23. The summed E-state index contributed by atoms with van der Waals surface area (Å²) in [4.78, 5) is 0. The minimum absolute atomic E-state index is 0. The van der Waals surface area contributed by atoms with Crippen LogP contribution in [0.1, 0.15) is 25.7 Å². The first-order valence-electron chi connectivity index (χ1n) is 4.15. The van der Waals surface area contributed by atoms with Gasteiger partial charge in [-0.15, -0.1) is 12.4 Å². The summed E-state index contributed by atoms with van der Waals surface area (Å²) in [5.41, 5.74) is 5.78. The van der Waals surface area contributed by atoms with Crippen LogP contribution in [-0.2, 0) is 0 Å². The van der Waals surface area contributed by atoms with Gasteiger partial charge in [0, 0.05) is 12.1 Å². The van der Waals surface area contributed by atoms with E-state index < -0.39 is 0 Å². The second-order valence-corrected chi connectivity index (χ2v) is 3.17. The average Bonchev–Trinajstić information content (AvgIpc) is 2.01. The maximum absolute atomic E-state index is 8.29. The van der Waals surface area contributed by atoms with Crippen LogP contribution in [0.5, 0.6) is 0 Å². The van der Waals surface area contributed by atoms with E-state index in [2.05, 4.69) is 0 Å². The number of halogens is 1. The molecule has 2 nitrogen and oxygen atoms in total. The van der Waals surface area contributed by atoms with Crippen molar-refractivity contribution in [2.75, 3.05) is 0 Å². The predicted molar refractivity (Wildman–Crippen MR) is 51.9 cm³/mol. The fourth-order valence-corrected chi connectivity index (χ4v) is 1.62. The van der Waals surface area contributed by atoms with Gasteiger partial charge in [-0.2, -0.15) is 5.26 Å². The van der Waals surface area contributed by atoms with E-state index in [1.54, 1.807) is 6.08 Å². The maximum Gasteiger partial charge on any atom is 0.0908 e. The molecule has 0 amide bonds. The minimum atomic E-state index is 0. The summed E-state index contributed by atoms with van der Waals surface area (Å²) >= 11 is 0. The number of nitrogens with zero attached hydrogens (tertiary/aromatic N) is 1. The van der Waals surface area contributed by atoms with E-state index >= 15 is 0 Å². The molecule has 0 heterocycles. The van der Waals surface area contributed by atoms with Gasteiger partial charge in [-0.05, 0) is 25.2 Å². The fourth-order valence-electron chi connectivity index (χ4n) is 1.62. The molecule has 12 heavy (non-hydrogen) atoms. The first-order chi connectivity index (χ1) is 5.33. The van der Waals surface area contributed by atoms with Crippen molar-refractivity contribution in [3.63, 3.8) is 0 Å². The standard InChI is InChI=1S/C9H14N2.ClH/c10-6-2-4-8-3-1-5-9(11)7-8;/h2,4,8-9H,1,3,5,7,11H2;1H/b4-2+;. The van der Waals surface area contributed by atoms with Gasteiger partial charge in [0.25, 0.3) is 0 Å². The van der Waals surface area contributed by atoms with Gasteiger partial charge in [-0.3, -0.25) is 0 Å². The Morgan fingerprint density at radius 2 is 2.17 bits per heavy atom. The summed E-state index contributed by atoms with van der Waals surface area (Å²) in [5.74, 6) is 0.554. The zero-order valence-electron chi connectivity index (χ0n) is 7.07. The zero-order valence-corrected chi connectivity index (χ0v) is 7.89. The Kier molecular flexibility index (Phi) is 5.79. The van der Waals surface area contributed by atoms with Crippen LogP contribution in [0.3, 0.4) is 0 Å². The lowest BCUT2D eigenvalue weighted by molar-refractivity contribution is 0.372. The Labute approximate surface area is 79.8 Å². The quantitative estimate of drug-likeness (QED) is 0.637. The Hall–Kier alpha value is -0.520. The molecule has 2 atom stereocenters. The number of rotatable bonds is 1. The Morgan fingerprint density at radius 3 is 2.75 bits per heavy atom. The number of allylic oxidation sites excluding steroid dienone is 2. The van der Waals surface area contributed by atoms with E-state index in [1.807, 2.05) is 12.1 Å².